The molecule has 0 saturated heterocycles. The summed E-state index contributed by atoms with van der Waals surface area (Å²) in [5, 5.41) is 4.19. The van der Waals surface area contributed by atoms with E-state index in [1.54, 1.807) is 0 Å². The van der Waals surface area contributed by atoms with E-state index in [1.165, 1.54) is 0 Å². The largest absolute Gasteiger partial charge is 0.311 e. The van der Waals surface area contributed by atoms with Crippen molar-refractivity contribution in [3.8, 4) is 22.3 Å². The number of benzene rings is 10. The summed E-state index contributed by atoms with van der Waals surface area (Å²) in [5.74, 6) is 0. The Morgan fingerprint density at radius 3 is 0.864 bits per heavy atom. The van der Waals surface area contributed by atoms with Crippen LogP contribution in [0, 0.1) is 0 Å². The normalized spacial score (nSPS) is 11.6. The summed E-state index contributed by atoms with van der Waals surface area (Å²) >= 11 is 2.32. The molecule has 13 rings (SSSR count). The van der Waals surface area contributed by atoms with Crippen molar-refractivity contribution in [2.75, 3.05) is 9.80 Å². The van der Waals surface area contributed by atoms with Crippen molar-refractivity contribution in [2.24, 2.45) is 0 Å². The highest BCUT2D eigenvalue weighted by atomic mass is 32.1. The lowest BCUT2D eigenvalue weighted by atomic mass is 9.93. The monoisotopic (exact) mass is 882 g/mol. The molecule has 0 aliphatic heterocycles. The van der Waals surface area contributed by atoms with Crippen molar-refractivity contribution < 1.29 is 0 Å². The van der Waals surface area contributed by atoms with Gasteiger partial charge in [-0.1, -0.05) is 121 Å². The molecule has 8 nitrogen and oxygen atoms in total. The summed E-state index contributed by atoms with van der Waals surface area (Å²) < 4.78 is 18.6. The van der Waals surface area contributed by atoms with Crippen LogP contribution in [0.1, 0.15) is 0 Å². The van der Waals surface area contributed by atoms with Crippen molar-refractivity contribution in [2.45, 2.75) is 0 Å². The van der Waals surface area contributed by atoms with Crippen LogP contribution in [0.4, 0.5) is 34.1 Å². The van der Waals surface area contributed by atoms with Crippen LogP contribution in [0.5, 0.6) is 0 Å². The highest BCUT2D eigenvalue weighted by Crippen LogP contribution is 2.42. The van der Waals surface area contributed by atoms with Gasteiger partial charge in [-0.2, -0.15) is 17.5 Å². The first-order valence-electron chi connectivity index (χ1n) is 21.6. The summed E-state index contributed by atoms with van der Waals surface area (Å²) in [6, 6.07) is 73.1. The quantitative estimate of drug-likeness (QED) is 0.110. The molecule has 0 amide bonds. The fraction of sp³-hybridized carbons (Fsp3) is 0. The zero-order valence-electron chi connectivity index (χ0n) is 35.0. The van der Waals surface area contributed by atoms with Gasteiger partial charge in [0.15, 0.2) is 0 Å². The molecule has 310 valence electrons. The predicted octanol–water partition coefficient (Wildman–Crippen LogP) is 15.4. The lowest BCUT2D eigenvalue weighted by Gasteiger charge is -2.25. The van der Waals surface area contributed by atoms with Crippen molar-refractivity contribution in [1.82, 2.24) is 27.5 Å². The molecule has 0 aliphatic carbocycles. The number of hydrogen-bond donors (Lipinski definition) is 0. The lowest BCUT2D eigenvalue weighted by Crippen LogP contribution is -2.09. The van der Waals surface area contributed by atoms with Gasteiger partial charge in [0.2, 0.25) is 0 Å². The Bertz CT molecular complexity index is 3580. The third-order valence-corrected chi connectivity index (χ3v) is 13.4. The molecule has 0 unspecified atom stereocenters. The van der Waals surface area contributed by atoms with E-state index in [0.29, 0.717) is 33.1 Å². The first-order valence-corrected chi connectivity index (χ1v) is 23.1. The van der Waals surface area contributed by atoms with E-state index in [-0.39, 0.29) is 0 Å². The first-order chi connectivity index (χ1) is 32.7. The van der Waals surface area contributed by atoms with Crippen LogP contribution in [0.2, 0.25) is 0 Å². The van der Waals surface area contributed by atoms with Crippen LogP contribution in [-0.4, -0.2) is 27.5 Å². The van der Waals surface area contributed by atoms with Crippen LogP contribution in [-0.2, 0) is 0 Å². The van der Waals surface area contributed by atoms with Gasteiger partial charge in [0.1, 0.15) is 33.1 Å². The number of para-hydroxylation sites is 4. The molecule has 13 aromatic rings. The summed E-state index contributed by atoms with van der Waals surface area (Å²) in [7, 11) is 0. The highest BCUT2D eigenvalue weighted by molar-refractivity contribution is 7.01. The Kier molecular flexibility index (Phi) is 9.03. The smallest absolute Gasteiger partial charge is 0.136 e. The van der Waals surface area contributed by atoms with Gasteiger partial charge < -0.3 is 9.80 Å². The maximum atomic E-state index is 5.40. The van der Waals surface area contributed by atoms with Crippen LogP contribution in [0.3, 0.4) is 0 Å². The number of rotatable bonds is 8. The maximum absolute atomic E-state index is 5.40. The predicted molar refractivity (Wildman–Crippen MR) is 274 cm³/mol. The van der Waals surface area contributed by atoms with Gasteiger partial charge in [0.25, 0.3) is 0 Å². The summed E-state index contributed by atoms with van der Waals surface area (Å²) in [5.41, 5.74) is 16.8. The van der Waals surface area contributed by atoms with E-state index >= 15 is 0 Å². The molecule has 66 heavy (non-hydrogen) atoms. The van der Waals surface area contributed by atoms with Crippen molar-refractivity contribution in [3.63, 3.8) is 0 Å². The van der Waals surface area contributed by atoms with Gasteiger partial charge >= 0.3 is 0 Å². The number of hydrogen-bond acceptors (Lipinski definition) is 10. The molecular weight excluding hydrogens is 849 g/mol. The maximum Gasteiger partial charge on any atom is 0.136 e. The Morgan fingerprint density at radius 2 is 0.530 bits per heavy atom. The van der Waals surface area contributed by atoms with Crippen LogP contribution < -0.4 is 9.80 Å². The second kappa shape index (κ2) is 15.7. The second-order valence-electron chi connectivity index (χ2n) is 16.2. The fourth-order valence-corrected chi connectivity index (χ4v) is 10.4. The van der Waals surface area contributed by atoms with Gasteiger partial charge in [-0.25, -0.2) is 9.97 Å². The van der Waals surface area contributed by atoms with Crippen molar-refractivity contribution in [3.05, 3.63) is 206 Å². The zero-order chi connectivity index (χ0) is 43.6. The standard InChI is InChI=1S/C56H34N8S2/c1-5-13-39(14-6-1)63(40-15-7-2-8-16-40)43-27-21-35(22-28-43)37-25-31-45-47(33-37)48-34-38(36-23-29-44(30-24-36)64(41-17-9-3-10-18-41)42-19-11-4-12-20-42)26-32-46(48)50-49(45)57-51-52(58-50)54-56(62-66-60-54)55-53(51)59-65-61-55/h1-34H. The van der Waals surface area contributed by atoms with Gasteiger partial charge in [0.05, 0.1) is 34.5 Å². The highest BCUT2D eigenvalue weighted by Gasteiger charge is 2.22. The van der Waals surface area contributed by atoms with Crippen LogP contribution in [0.15, 0.2) is 206 Å². The Balaban J connectivity index is 0.982. The summed E-state index contributed by atoms with van der Waals surface area (Å²) in [6.07, 6.45) is 0. The third kappa shape index (κ3) is 6.34. The second-order valence-corrected chi connectivity index (χ2v) is 17.2. The molecule has 0 N–H and O–H groups in total. The van der Waals surface area contributed by atoms with E-state index in [9.17, 15) is 0 Å². The third-order valence-electron chi connectivity index (χ3n) is 12.4. The molecule has 0 spiro atoms. The molecule has 3 heterocycles. The van der Waals surface area contributed by atoms with Crippen LogP contribution in [0.25, 0.3) is 87.9 Å². The van der Waals surface area contributed by atoms with E-state index in [2.05, 4.69) is 225 Å². The van der Waals surface area contributed by atoms with E-state index in [4.69, 9.17) is 18.7 Å². The Labute approximate surface area is 387 Å². The lowest BCUT2D eigenvalue weighted by molar-refractivity contribution is 1.28. The van der Waals surface area contributed by atoms with E-state index < -0.39 is 0 Å². The average molecular weight is 883 g/mol. The van der Waals surface area contributed by atoms with Crippen molar-refractivity contribution >= 4 is 123 Å². The molecule has 0 atom stereocenters. The molecule has 10 aromatic carbocycles. The zero-order valence-corrected chi connectivity index (χ0v) is 36.7. The molecule has 0 saturated carbocycles. The minimum atomic E-state index is 0.685. The molecule has 0 fully saturated rings. The molecular formula is C56H34N8S2. The fourth-order valence-electron chi connectivity index (χ4n) is 9.25. The summed E-state index contributed by atoms with van der Waals surface area (Å²) in [6.45, 7) is 0. The van der Waals surface area contributed by atoms with E-state index in [0.717, 1.165) is 112 Å². The van der Waals surface area contributed by atoms with Crippen molar-refractivity contribution in [1.29, 1.82) is 0 Å². The minimum Gasteiger partial charge on any atom is -0.311 e. The SMILES string of the molecule is c1ccc(N(c2ccccc2)c2ccc(-c3ccc4c(c3)c3cc(-c5ccc(N(c6ccccc6)c6ccccc6)cc5)ccc3c3nc5c6nsnc6c6nsnc6c5nc43)cc2)cc1. The number of nitrogens with zero attached hydrogens (tertiary/aromatic N) is 8. The number of aromatic nitrogens is 6. The Hall–Kier alpha value is -8.44. The topological polar surface area (TPSA) is 83.8 Å². The average Bonchev–Trinajstić information content (AvgIpc) is 4.10. The molecule has 0 aliphatic rings. The molecule has 0 bridgehead atoms. The van der Waals surface area contributed by atoms with Gasteiger partial charge in [0, 0.05) is 44.9 Å². The van der Waals surface area contributed by atoms with Gasteiger partial charge in [-0.05, 0) is 118 Å². The molecule has 0 radical (unpaired) electrons. The van der Waals surface area contributed by atoms with E-state index in [1.807, 2.05) is 0 Å². The number of anilines is 6. The Morgan fingerprint density at radius 1 is 0.242 bits per heavy atom. The van der Waals surface area contributed by atoms with Gasteiger partial charge in [-0.15, -0.1) is 0 Å². The minimum absolute atomic E-state index is 0.685. The molecule has 3 aromatic heterocycles. The first kappa shape index (κ1) is 38.1. The van der Waals surface area contributed by atoms with Gasteiger partial charge in [-0.3, -0.25) is 0 Å². The summed E-state index contributed by atoms with van der Waals surface area (Å²) in [4.78, 5) is 15.4. The molecule has 10 heteroatoms. The van der Waals surface area contributed by atoms with Crippen LogP contribution >= 0.6 is 23.5 Å². The number of fused-ring (bicyclic) bond motifs is 12.